The summed E-state index contributed by atoms with van der Waals surface area (Å²) in [7, 11) is 2.00. The van der Waals surface area contributed by atoms with Crippen molar-refractivity contribution >= 4 is 0 Å². The molecule has 0 amide bonds. The number of rotatable bonds is 2. The summed E-state index contributed by atoms with van der Waals surface area (Å²) in [6, 6.07) is 14.7. The van der Waals surface area contributed by atoms with E-state index in [9.17, 15) is 15.8 Å². The van der Waals surface area contributed by atoms with E-state index in [1.54, 1.807) is 0 Å². The van der Waals surface area contributed by atoms with E-state index in [0.29, 0.717) is 24.6 Å². The molecule has 1 aliphatic heterocycles. The number of fused-ring (bicyclic) bond motifs is 1. The van der Waals surface area contributed by atoms with Gasteiger partial charge >= 0.3 is 0 Å². The molecule has 5 heteroatoms. The number of nitrogens with zero attached hydrogens (tertiary/aromatic N) is 4. The number of hydrogen-bond donors (Lipinski definition) is 1. The number of nitrogens with two attached hydrogens (primary N) is 1. The van der Waals surface area contributed by atoms with E-state index in [2.05, 4.69) is 49.1 Å². The van der Waals surface area contributed by atoms with Crippen molar-refractivity contribution in [2.75, 3.05) is 20.1 Å². The van der Waals surface area contributed by atoms with Crippen molar-refractivity contribution < 1.29 is 0 Å². The fraction of sp³-hybridized carbons (Fsp3) is 0.409. The topological polar surface area (TPSA) is 101 Å². The summed E-state index contributed by atoms with van der Waals surface area (Å²) in [5.41, 5.74) is 8.13. The fourth-order valence-corrected chi connectivity index (χ4v) is 4.25. The molecule has 0 saturated heterocycles. The Morgan fingerprint density at radius 2 is 1.78 bits per heavy atom. The highest BCUT2D eigenvalue weighted by molar-refractivity contribution is 5.58. The molecule has 1 aromatic rings. The normalized spacial score (nSPS) is 24.4. The highest BCUT2D eigenvalue weighted by Gasteiger charge is 2.52. The van der Waals surface area contributed by atoms with E-state index in [1.807, 2.05) is 25.3 Å². The van der Waals surface area contributed by atoms with Crippen LogP contribution in [0.4, 0.5) is 0 Å². The first-order valence-corrected chi connectivity index (χ1v) is 9.11. The first kappa shape index (κ1) is 18.7. The minimum Gasteiger partial charge on any atom is -0.399 e. The molecule has 0 aromatic heterocycles. The van der Waals surface area contributed by atoms with Crippen LogP contribution >= 0.6 is 0 Å². The van der Waals surface area contributed by atoms with Crippen LogP contribution in [0.5, 0.6) is 0 Å². The maximum atomic E-state index is 9.88. The summed E-state index contributed by atoms with van der Waals surface area (Å²) in [5, 5.41) is 29.5. The van der Waals surface area contributed by atoms with Gasteiger partial charge in [0.15, 0.2) is 0 Å². The largest absolute Gasteiger partial charge is 0.399 e. The van der Waals surface area contributed by atoms with Crippen LogP contribution in [0, 0.1) is 45.3 Å². The van der Waals surface area contributed by atoms with Crippen molar-refractivity contribution in [3.8, 4) is 18.2 Å². The van der Waals surface area contributed by atoms with E-state index in [1.165, 1.54) is 5.56 Å². The molecule has 0 spiro atoms. The number of likely N-dealkylation sites (N-methyl/N-ethyl adjacent to an activating group) is 1. The predicted octanol–water partition coefficient (Wildman–Crippen LogP) is 3.17. The SMILES string of the molecule is CC(C)c1ccc([C@@H]2C(C#N)=C(N)C(C#N)(C#N)C3=CCN(C)C[C@@H]32)cc1. The van der Waals surface area contributed by atoms with Gasteiger partial charge in [0.25, 0.3) is 0 Å². The first-order chi connectivity index (χ1) is 12.9. The van der Waals surface area contributed by atoms with Crippen LogP contribution in [-0.4, -0.2) is 25.0 Å². The predicted molar refractivity (Wildman–Crippen MR) is 103 cm³/mol. The second-order valence-electron chi connectivity index (χ2n) is 7.70. The summed E-state index contributed by atoms with van der Waals surface area (Å²) in [6.07, 6.45) is 1.94. The molecule has 5 nitrogen and oxygen atoms in total. The van der Waals surface area contributed by atoms with Crippen molar-refractivity contribution in [2.24, 2.45) is 17.1 Å². The van der Waals surface area contributed by atoms with Crippen LogP contribution in [0.3, 0.4) is 0 Å². The molecule has 136 valence electrons. The number of nitriles is 3. The third-order valence-corrected chi connectivity index (χ3v) is 5.79. The van der Waals surface area contributed by atoms with Gasteiger partial charge in [-0.25, -0.2) is 0 Å². The molecule has 0 fully saturated rings. The Bertz CT molecular complexity index is 917. The molecule has 0 unspecified atom stereocenters. The lowest BCUT2D eigenvalue weighted by Crippen LogP contribution is -2.46. The van der Waals surface area contributed by atoms with Gasteiger partial charge in [-0.2, -0.15) is 15.8 Å². The zero-order valence-corrected chi connectivity index (χ0v) is 15.9. The molecule has 2 aliphatic rings. The molecule has 3 rings (SSSR count). The van der Waals surface area contributed by atoms with Gasteiger partial charge in [-0.1, -0.05) is 44.2 Å². The lowest BCUT2D eigenvalue weighted by atomic mass is 9.60. The molecule has 27 heavy (non-hydrogen) atoms. The Morgan fingerprint density at radius 3 is 2.30 bits per heavy atom. The smallest absolute Gasteiger partial charge is 0.204 e. The van der Waals surface area contributed by atoms with Gasteiger partial charge in [-0.05, 0) is 29.7 Å². The monoisotopic (exact) mass is 357 g/mol. The lowest BCUT2D eigenvalue weighted by Gasteiger charge is -2.44. The Hall–Kier alpha value is -3.07. The molecular formula is C22H23N5. The number of hydrogen-bond acceptors (Lipinski definition) is 5. The van der Waals surface area contributed by atoms with Gasteiger partial charge in [-0.15, -0.1) is 0 Å². The maximum absolute atomic E-state index is 9.88. The third-order valence-electron chi connectivity index (χ3n) is 5.79. The molecule has 1 heterocycles. The minimum atomic E-state index is -1.55. The summed E-state index contributed by atoms with van der Waals surface area (Å²) in [6.45, 7) is 5.61. The summed E-state index contributed by atoms with van der Waals surface area (Å²) in [4.78, 5) is 2.14. The van der Waals surface area contributed by atoms with E-state index in [-0.39, 0.29) is 17.5 Å². The van der Waals surface area contributed by atoms with Crippen LogP contribution < -0.4 is 5.73 Å². The van der Waals surface area contributed by atoms with Gasteiger partial charge in [-0.3, -0.25) is 0 Å². The van der Waals surface area contributed by atoms with Crippen molar-refractivity contribution in [2.45, 2.75) is 25.7 Å². The Labute approximate surface area is 160 Å². The number of allylic oxidation sites excluding steroid dienone is 2. The van der Waals surface area contributed by atoms with Crippen LogP contribution in [0.15, 0.2) is 47.2 Å². The van der Waals surface area contributed by atoms with Gasteiger partial charge in [0.2, 0.25) is 5.41 Å². The molecule has 0 radical (unpaired) electrons. The van der Waals surface area contributed by atoms with E-state index < -0.39 is 5.41 Å². The minimum absolute atomic E-state index is 0.0833. The average Bonchev–Trinajstić information content (AvgIpc) is 2.67. The Balaban J connectivity index is 2.24. The first-order valence-electron chi connectivity index (χ1n) is 9.11. The molecule has 0 saturated carbocycles. The summed E-state index contributed by atoms with van der Waals surface area (Å²) >= 11 is 0. The molecule has 2 atom stereocenters. The molecule has 2 N–H and O–H groups in total. The standard InChI is InChI=1S/C22H23N5/c1-14(2)15-4-6-16(7-5-15)20-17(10-23)21(26)22(12-24,13-25)19-8-9-27(3)11-18(19)20/h4-8,14,18,20H,9,11,26H2,1-3H3/t18-,20+/m0/s1. The second-order valence-corrected chi connectivity index (χ2v) is 7.70. The van der Waals surface area contributed by atoms with Crippen molar-refractivity contribution in [1.29, 1.82) is 15.8 Å². The molecule has 0 bridgehead atoms. The number of benzene rings is 1. The molecule has 1 aromatic carbocycles. The van der Waals surface area contributed by atoms with Crippen molar-refractivity contribution in [3.63, 3.8) is 0 Å². The summed E-state index contributed by atoms with van der Waals surface area (Å²) < 4.78 is 0. The molecule has 1 aliphatic carbocycles. The summed E-state index contributed by atoms with van der Waals surface area (Å²) in [5.74, 6) is 0.0393. The van der Waals surface area contributed by atoms with Crippen LogP contribution in [0.25, 0.3) is 0 Å². The van der Waals surface area contributed by atoms with Gasteiger partial charge in [0.1, 0.15) is 0 Å². The van der Waals surface area contributed by atoms with E-state index in [0.717, 1.165) is 11.1 Å². The highest BCUT2D eigenvalue weighted by Crippen LogP contribution is 2.52. The third kappa shape index (κ3) is 2.80. The zero-order valence-electron chi connectivity index (χ0n) is 15.9. The van der Waals surface area contributed by atoms with Crippen LogP contribution in [-0.2, 0) is 0 Å². The van der Waals surface area contributed by atoms with Gasteiger partial charge < -0.3 is 10.6 Å². The average molecular weight is 357 g/mol. The van der Waals surface area contributed by atoms with Gasteiger partial charge in [0.05, 0.1) is 29.5 Å². The van der Waals surface area contributed by atoms with Crippen molar-refractivity contribution in [3.05, 3.63) is 58.3 Å². The quantitative estimate of drug-likeness (QED) is 0.819. The van der Waals surface area contributed by atoms with Crippen LogP contribution in [0.1, 0.15) is 36.8 Å². The van der Waals surface area contributed by atoms with Crippen molar-refractivity contribution in [1.82, 2.24) is 4.90 Å². The lowest BCUT2D eigenvalue weighted by molar-refractivity contribution is 0.264. The molecular weight excluding hydrogens is 334 g/mol. The van der Waals surface area contributed by atoms with Crippen LogP contribution in [0.2, 0.25) is 0 Å². The van der Waals surface area contributed by atoms with E-state index >= 15 is 0 Å². The fourth-order valence-electron chi connectivity index (χ4n) is 4.25. The van der Waals surface area contributed by atoms with E-state index in [4.69, 9.17) is 5.73 Å². The Morgan fingerprint density at radius 1 is 1.15 bits per heavy atom. The second kappa shape index (κ2) is 6.92. The Kier molecular flexibility index (Phi) is 4.79. The highest BCUT2D eigenvalue weighted by atomic mass is 15.1. The van der Waals surface area contributed by atoms with Gasteiger partial charge in [0, 0.05) is 24.9 Å². The zero-order chi connectivity index (χ0) is 19.8. The maximum Gasteiger partial charge on any atom is 0.204 e.